The van der Waals surface area contributed by atoms with Crippen molar-refractivity contribution in [1.82, 2.24) is 10.7 Å². The smallest absolute Gasteiger partial charge is 0.329 e. The highest BCUT2D eigenvalue weighted by atomic mass is 35.5. The van der Waals surface area contributed by atoms with E-state index >= 15 is 0 Å². The highest BCUT2D eigenvalue weighted by Crippen LogP contribution is 2.20. The Morgan fingerprint density at radius 3 is 2.50 bits per heavy atom. The molecular formula is C21H23ClN4O4. The first kappa shape index (κ1) is 22.9. The van der Waals surface area contributed by atoms with Crippen molar-refractivity contribution in [2.24, 2.45) is 5.10 Å². The average Bonchev–Trinajstić information content (AvgIpc) is 2.74. The molecule has 2 aromatic rings. The van der Waals surface area contributed by atoms with Crippen LogP contribution in [-0.4, -0.2) is 37.1 Å². The molecule has 0 spiro atoms. The summed E-state index contributed by atoms with van der Waals surface area (Å²) in [7, 11) is 0. The molecule has 0 aliphatic rings. The van der Waals surface area contributed by atoms with Crippen molar-refractivity contribution < 1.29 is 19.1 Å². The molecule has 0 bridgehead atoms. The molecule has 3 amide bonds. The standard InChI is InChI=1S/C21H23ClN4O4/c1-3-10-23-20(28)21(29)26-24-12-15-5-8-17(9-6-15)30-13-19(27)25-16-7-4-14(2)18(22)11-16/h4-9,11-12H,3,10,13H2,1-2H3,(H,23,28)(H,25,27)(H,26,29)/b24-12-. The highest BCUT2D eigenvalue weighted by molar-refractivity contribution is 6.35. The molecule has 0 aliphatic carbocycles. The van der Waals surface area contributed by atoms with Crippen molar-refractivity contribution in [3.63, 3.8) is 0 Å². The van der Waals surface area contributed by atoms with Gasteiger partial charge in [-0.15, -0.1) is 0 Å². The molecule has 2 rings (SSSR count). The van der Waals surface area contributed by atoms with Gasteiger partial charge in [0.25, 0.3) is 5.91 Å². The molecule has 0 heterocycles. The molecule has 0 aromatic heterocycles. The Labute approximate surface area is 179 Å². The Morgan fingerprint density at radius 2 is 1.83 bits per heavy atom. The predicted octanol–water partition coefficient (Wildman–Crippen LogP) is 2.64. The number of ether oxygens (including phenoxy) is 1. The van der Waals surface area contributed by atoms with Crippen LogP contribution in [0.3, 0.4) is 0 Å². The van der Waals surface area contributed by atoms with E-state index in [1.165, 1.54) is 6.21 Å². The first-order valence-electron chi connectivity index (χ1n) is 9.29. The largest absolute Gasteiger partial charge is 0.484 e. The fourth-order valence-electron chi connectivity index (χ4n) is 2.20. The zero-order valence-electron chi connectivity index (χ0n) is 16.7. The maximum atomic E-state index is 12.0. The molecule has 0 radical (unpaired) electrons. The van der Waals surface area contributed by atoms with Gasteiger partial charge in [0.15, 0.2) is 6.61 Å². The second kappa shape index (κ2) is 11.6. The van der Waals surface area contributed by atoms with Gasteiger partial charge in [-0.05, 0) is 60.9 Å². The first-order chi connectivity index (χ1) is 14.4. The second-order valence-electron chi connectivity index (χ2n) is 6.32. The molecule has 9 heteroatoms. The Balaban J connectivity index is 1.78. The SMILES string of the molecule is CCCNC(=O)C(=O)N/N=C\c1ccc(OCC(=O)Nc2ccc(C)c(Cl)c2)cc1. The normalized spacial score (nSPS) is 10.5. The minimum Gasteiger partial charge on any atom is -0.484 e. The van der Waals surface area contributed by atoms with E-state index < -0.39 is 11.8 Å². The van der Waals surface area contributed by atoms with Crippen LogP contribution in [0.5, 0.6) is 5.75 Å². The maximum absolute atomic E-state index is 12.0. The molecule has 158 valence electrons. The van der Waals surface area contributed by atoms with Crippen LogP contribution in [0.4, 0.5) is 5.69 Å². The van der Waals surface area contributed by atoms with Crippen LogP contribution >= 0.6 is 11.6 Å². The molecule has 0 unspecified atom stereocenters. The summed E-state index contributed by atoms with van der Waals surface area (Å²) in [5.41, 5.74) is 4.34. The lowest BCUT2D eigenvalue weighted by Crippen LogP contribution is -2.38. The monoisotopic (exact) mass is 430 g/mol. The fourth-order valence-corrected chi connectivity index (χ4v) is 2.38. The number of amides is 3. The van der Waals surface area contributed by atoms with E-state index in [0.29, 0.717) is 28.6 Å². The number of rotatable bonds is 8. The van der Waals surface area contributed by atoms with Gasteiger partial charge in [0.1, 0.15) is 5.75 Å². The van der Waals surface area contributed by atoms with Gasteiger partial charge in [0.05, 0.1) is 6.21 Å². The summed E-state index contributed by atoms with van der Waals surface area (Å²) in [5.74, 6) is -1.39. The molecule has 0 atom stereocenters. The van der Waals surface area contributed by atoms with Gasteiger partial charge in [0, 0.05) is 17.3 Å². The molecule has 0 aliphatic heterocycles. The number of carbonyl (C=O) groups excluding carboxylic acids is 3. The number of nitrogens with zero attached hydrogens (tertiary/aromatic N) is 1. The van der Waals surface area contributed by atoms with Crippen LogP contribution < -0.4 is 20.8 Å². The van der Waals surface area contributed by atoms with Crippen LogP contribution in [-0.2, 0) is 14.4 Å². The average molecular weight is 431 g/mol. The van der Waals surface area contributed by atoms with E-state index in [0.717, 1.165) is 12.0 Å². The first-order valence-corrected chi connectivity index (χ1v) is 9.67. The molecule has 0 fully saturated rings. The second-order valence-corrected chi connectivity index (χ2v) is 6.73. The van der Waals surface area contributed by atoms with Gasteiger partial charge in [0.2, 0.25) is 0 Å². The van der Waals surface area contributed by atoms with Gasteiger partial charge in [-0.1, -0.05) is 24.6 Å². The third-order valence-corrected chi connectivity index (χ3v) is 4.23. The topological polar surface area (TPSA) is 109 Å². The number of benzene rings is 2. The quantitative estimate of drug-likeness (QED) is 0.340. The van der Waals surface area contributed by atoms with E-state index in [1.54, 1.807) is 36.4 Å². The fraction of sp³-hybridized carbons (Fsp3) is 0.238. The van der Waals surface area contributed by atoms with Crippen LogP contribution in [0.2, 0.25) is 5.02 Å². The molecule has 2 aromatic carbocycles. The molecule has 30 heavy (non-hydrogen) atoms. The summed E-state index contributed by atoms with van der Waals surface area (Å²) in [5, 5.41) is 9.47. The molecule has 8 nitrogen and oxygen atoms in total. The summed E-state index contributed by atoms with van der Waals surface area (Å²) in [6.45, 7) is 4.02. The number of hydrazone groups is 1. The van der Waals surface area contributed by atoms with Crippen LogP contribution in [0.25, 0.3) is 0 Å². The number of aryl methyl sites for hydroxylation is 1. The molecule has 0 saturated carbocycles. The lowest BCUT2D eigenvalue weighted by Gasteiger charge is -2.08. The Kier molecular flexibility index (Phi) is 8.83. The number of hydrogen-bond acceptors (Lipinski definition) is 5. The van der Waals surface area contributed by atoms with E-state index in [2.05, 4.69) is 21.2 Å². The molecular weight excluding hydrogens is 408 g/mol. The summed E-state index contributed by atoms with van der Waals surface area (Å²) < 4.78 is 5.45. The molecule has 0 saturated heterocycles. The maximum Gasteiger partial charge on any atom is 0.329 e. The number of hydrogen-bond donors (Lipinski definition) is 3. The van der Waals surface area contributed by atoms with Gasteiger partial charge in [-0.2, -0.15) is 5.10 Å². The van der Waals surface area contributed by atoms with Crippen LogP contribution in [0, 0.1) is 6.92 Å². The third kappa shape index (κ3) is 7.56. The van der Waals surface area contributed by atoms with Crippen molar-refractivity contribution >= 4 is 41.2 Å². The Hall–Kier alpha value is -3.39. The van der Waals surface area contributed by atoms with E-state index in [4.69, 9.17) is 16.3 Å². The Morgan fingerprint density at radius 1 is 1.10 bits per heavy atom. The summed E-state index contributed by atoms with van der Waals surface area (Å²) in [4.78, 5) is 34.9. The summed E-state index contributed by atoms with van der Waals surface area (Å²) >= 11 is 6.04. The zero-order valence-corrected chi connectivity index (χ0v) is 17.5. The number of carbonyl (C=O) groups is 3. The molecule has 3 N–H and O–H groups in total. The minimum absolute atomic E-state index is 0.165. The summed E-state index contributed by atoms with van der Waals surface area (Å²) in [6.07, 6.45) is 2.13. The van der Waals surface area contributed by atoms with Crippen molar-refractivity contribution in [3.05, 3.63) is 58.6 Å². The lowest BCUT2D eigenvalue weighted by atomic mass is 10.2. The number of anilines is 1. The van der Waals surface area contributed by atoms with E-state index in [-0.39, 0.29) is 12.5 Å². The van der Waals surface area contributed by atoms with Crippen molar-refractivity contribution in [3.8, 4) is 5.75 Å². The van der Waals surface area contributed by atoms with Crippen molar-refractivity contribution in [2.75, 3.05) is 18.5 Å². The lowest BCUT2D eigenvalue weighted by molar-refractivity contribution is -0.139. The van der Waals surface area contributed by atoms with Gasteiger partial charge < -0.3 is 15.4 Å². The van der Waals surface area contributed by atoms with E-state index in [1.807, 2.05) is 19.9 Å². The third-order valence-electron chi connectivity index (χ3n) is 3.83. The number of halogens is 1. The van der Waals surface area contributed by atoms with Crippen molar-refractivity contribution in [1.29, 1.82) is 0 Å². The minimum atomic E-state index is -0.833. The highest BCUT2D eigenvalue weighted by Gasteiger charge is 2.10. The van der Waals surface area contributed by atoms with Gasteiger partial charge >= 0.3 is 11.8 Å². The van der Waals surface area contributed by atoms with E-state index in [9.17, 15) is 14.4 Å². The van der Waals surface area contributed by atoms with Crippen LogP contribution in [0.1, 0.15) is 24.5 Å². The summed E-state index contributed by atoms with van der Waals surface area (Å²) in [6, 6.07) is 12.0. The number of nitrogens with one attached hydrogen (secondary N) is 3. The van der Waals surface area contributed by atoms with Crippen molar-refractivity contribution in [2.45, 2.75) is 20.3 Å². The zero-order chi connectivity index (χ0) is 21.9. The van der Waals surface area contributed by atoms with Gasteiger partial charge in [-0.25, -0.2) is 5.43 Å². The van der Waals surface area contributed by atoms with Crippen LogP contribution in [0.15, 0.2) is 47.6 Å². The van der Waals surface area contributed by atoms with Gasteiger partial charge in [-0.3, -0.25) is 14.4 Å². The Bertz CT molecular complexity index is 929. The predicted molar refractivity (Wildman–Crippen MR) is 116 cm³/mol.